The fraction of sp³-hybridized carbons (Fsp3) is 0.429. The molecule has 1 aromatic heterocycles. The minimum absolute atomic E-state index is 0.0349. The molecule has 2 aromatic carbocycles. The molecule has 37 heavy (non-hydrogen) atoms. The van der Waals surface area contributed by atoms with Gasteiger partial charge in [-0.1, -0.05) is 64.6 Å². The Hall–Kier alpha value is -3.04. The molecule has 0 atom stereocenters. The number of nitrogens with zero attached hydrogens (tertiary/aromatic N) is 3. The molecule has 2 N–H and O–H groups in total. The maximum absolute atomic E-state index is 13.1. The second-order valence-corrected chi connectivity index (χ2v) is 10.8. The smallest absolute Gasteiger partial charge is 0.253 e. The molecule has 0 bridgehead atoms. The Kier molecular flexibility index (Phi) is 8.31. The van der Waals surface area contributed by atoms with Crippen molar-refractivity contribution in [3.8, 4) is 11.4 Å². The maximum atomic E-state index is 13.1. The first kappa shape index (κ1) is 25.6. The first-order chi connectivity index (χ1) is 18.0. The number of anilines is 1. The topological polar surface area (TPSA) is 100 Å². The summed E-state index contributed by atoms with van der Waals surface area (Å²) in [6.45, 7) is 2.08. The zero-order chi connectivity index (χ0) is 25.6. The average Bonchev–Trinajstić information content (AvgIpc) is 3.38. The zero-order valence-electron chi connectivity index (χ0n) is 20.8. The summed E-state index contributed by atoms with van der Waals surface area (Å²) in [5.41, 5.74) is 2.00. The highest BCUT2D eigenvalue weighted by atomic mass is 79.9. The number of piperidine rings is 1. The van der Waals surface area contributed by atoms with Gasteiger partial charge in [-0.2, -0.15) is 4.98 Å². The predicted molar refractivity (Wildman–Crippen MR) is 145 cm³/mol. The van der Waals surface area contributed by atoms with Crippen LogP contribution in [0.5, 0.6) is 0 Å². The van der Waals surface area contributed by atoms with Crippen molar-refractivity contribution >= 4 is 33.4 Å². The highest BCUT2D eigenvalue weighted by molar-refractivity contribution is 9.10. The first-order valence-electron chi connectivity index (χ1n) is 13.1. The van der Waals surface area contributed by atoms with Crippen molar-refractivity contribution in [3.63, 3.8) is 0 Å². The minimum Gasteiger partial charge on any atom is -0.349 e. The van der Waals surface area contributed by atoms with E-state index in [0.717, 1.165) is 61.7 Å². The molecule has 2 heterocycles. The SMILES string of the molecule is O=C(NC1CCCCC1)c1ccccc1NC(=O)C1CCN(Cc2nc(-c3cccc(Br)c3)no2)CC1. The van der Waals surface area contributed by atoms with E-state index in [1.54, 1.807) is 12.1 Å². The number of aromatic nitrogens is 2. The van der Waals surface area contributed by atoms with Crippen LogP contribution in [0.1, 0.15) is 61.2 Å². The van der Waals surface area contributed by atoms with Crippen LogP contribution in [0.15, 0.2) is 57.5 Å². The third-order valence-electron chi connectivity index (χ3n) is 7.24. The number of para-hydroxylation sites is 1. The van der Waals surface area contributed by atoms with E-state index in [-0.39, 0.29) is 23.8 Å². The van der Waals surface area contributed by atoms with Gasteiger partial charge in [-0.15, -0.1) is 0 Å². The van der Waals surface area contributed by atoms with Gasteiger partial charge in [0.15, 0.2) is 0 Å². The number of likely N-dealkylation sites (tertiary alicyclic amines) is 1. The number of benzene rings is 2. The van der Waals surface area contributed by atoms with Gasteiger partial charge in [-0.05, 0) is 63.0 Å². The van der Waals surface area contributed by atoms with Gasteiger partial charge in [-0.3, -0.25) is 14.5 Å². The predicted octanol–water partition coefficient (Wildman–Crippen LogP) is 5.41. The van der Waals surface area contributed by atoms with E-state index in [2.05, 4.69) is 41.6 Å². The summed E-state index contributed by atoms with van der Waals surface area (Å²) in [6.07, 6.45) is 7.05. The van der Waals surface area contributed by atoms with Gasteiger partial charge >= 0.3 is 0 Å². The van der Waals surface area contributed by atoms with Crippen LogP contribution in [-0.4, -0.2) is 46.0 Å². The van der Waals surface area contributed by atoms with Crippen LogP contribution in [0.25, 0.3) is 11.4 Å². The summed E-state index contributed by atoms with van der Waals surface area (Å²) in [7, 11) is 0. The third-order valence-corrected chi connectivity index (χ3v) is 7.73. The fourth-order valence-electron chi connectivity index (χ4n) is 5.14. The van der Waals surface area contributed by atoms with Crippen LogP contribution >= 0.6 is 15.9 Å². The van der Waals surface area contributed by atoms with Crippen molar-refractivity contribution in [1.82, 2.24) is 20.4 Å². The van der Waals surface area contributed by atoms with E-state index in [4.69, 9.17) is 4.52 Å². The molecule has 0 unspecified atom stereocenters. The van der Waals surface area contributed by atoms with E-state index in [1.165, 1.54) is 6.42 Å². The van der Waals surface area contributed by atoms with E-state index < -0.39 is 0 Å². The summed E-state index contributed by atoms with van der Waals surface area (Å²) in [6, 6.07) is 15.3. The van der Waals surface area contributed by atoms with Crippen molar-refractivity contribution < 1.29 is 14.1 Å². The Bertz CT molecular complexity index is 1230. The molecule has 2 fully saturated rings. The molecular weight excluding hydrogens is 534 g/mol. The van der Waals surface area contributed by atoms with Crippen LogP contribution in [0.2, 0.25) is 0 Å². The second-order valence-electron chi connectivity index (χ2n) is 9.92. The average molecular weight is 567 g/mol. The lowest BCUT2D eigenvalue weighted by Gasteiger charge is -2.30. The number of carbonyl (C=O) groups is 2. The van der Waals surface area contributed by atoms with Crippen molar-refractivity contribution in [3.05, 3.63) is 64.5 Å². The van der Waals surface area contributed by atoms with Crippen LogP contribution < -0.4 is 10.6 Å². The normalized spacial score (nSPS) is 17.4. The summed E-state index contributed by atoms with van der Waals surface area (Å²) >= 11 is 3.47. The first-order valence-corrected chi connectivity index (χ1v) is 13.9. The minimum atomic E-state index is -0.112. The van der Waals surface area contributed by atoms with Gasteiger partial charge < -0.3 is 15.2 Å². The van der Waals surface area contributed by atoms with Gasteiger partial charge in [0.25, 0.3) is 5.91 Å². The number of amides is 2. The van der Waals surface area contributed by atoms with E-state index >= 15 is 0 Å². The molecule has 1 aliphatic carbocycles. The Morgan fingerprint density at radius 2 is 1.78 bits per heavy atom. The van der Waals surface area contributed by atoms with Crippen LogP contribution in [0.4, 0.5) is 5.69 Å². The molecule has 1 aliphatic heterocycles. The Morgan fingerprint density at radius 3 is 2.57 bits per heavy atom. The van der Waals surface area contributed by atoms with Gasteiger partial charge in [0.1, 0.15) is 0 Å². The van der Waals surface area contributed by atoms with Crippen LogP contribution in [0.3, 0.4) is 0 Å². The van der Waals surface area contributed by atoms with E-state index in [1.807, 2.05) is 36.4 Å². The monoisotopic (exact) mass is 565 g/mol. The van der Waals surface area contributed by atoms with Gasteiger partial charge in [0.2, 0.25) is 17.6 Å². The molecule has 2 amide bonds. The van der Waals surface area contributed by atoms with Crippen molar-refractivity contribution in [2.75, 3.05) is 18.4 Å². The number of carbonyl (C=O) groups excluding carboxylic acids is 2. The Morgan fingerprint density at radius 1 is 1.00 bits per heavy atom. The molecule has 8 nitrogen and oxygen atoms in total. The third kappa shape index (κ3) is 6.64. The number of hydrogen-bond donors (Lipinski definition) is 2. The lowest BCUT2D eigenvalue weighted by Crippen LogP contribution is -2.38. The second kappa shape index (κ2) is 12.0. The molecule has 1 saturated heterocycles. The number of halogens is 1. The van der Waals surface area contributed by atoms with Crippen molar-refractivity contribution in [1.29, 1.82) is 0 Å². The molecule has 0 spiro atoms. The van der Waals surface area contributed by atoms with Gasteiger partial charge in [0.05, 0.1) is 17.8 Å². The molecule has 5 rings (SSSR count). The van der Waals surface area contributed by atoms with E-state index in [9.17, 15) is 9.59 Å². The molecule has 194 valence electrons. The van der Waals surface area contributed by atoms with E-state index in [0.29, 0.717) is 29.5 Å². The number of hydrogen-bond acceptors (Lipinski definition) is 6. The van der Waals surface area contributed by atoms with Crippen molar-refractivity contribution in [2.24, 2.45) is 5.92 Å². The molecule has 3 aromatic rings. The van der Waals surface area contributed by atoms with Gasteiger partial charge in [-0.25, -0.2) is 0 Å². The highest BCUT2D eigenvalue weighted by Gasteiger charge is 2.27. The summed E-state index contributed by atoms with van der Waals surface area (Å²) in [4.78, 5) is 32.8. The standard InChI is InChI=1S/C28H32BrN5O3/c29-21-8-6-7-20(17-21)26-32-25(37-33-26)18-34-15-13-19(14-16-34)27(35)31-24-12-5-4-11-23(24)28(36)30-22-9-2-1-3-10-22/h4-8,11-12,17,19,22H,1-3,9-10,13-16,18H2,(H,30,36)(H,31,35). The number of rotatable bonds is 7. The summed E-state index contributed by atoms with van der Waals surface area (Å²) in [5, 5.41) is 10.3. The molecular formula is C28H32BrN5O3. The summed E-state index contributed by atoms with van der Waals surface area (Å²) in [5.74, 6) is 0.880. The maximum Gasteiger partial charge on any atom is 0.253 e. The molecule has 0 radical (unpaired) electrons. The Labute approximate surface area is 225 Å². The van der Waals surface area contributed by atoms with Crippen LogP contribution in [-0.2, 0) is 11.3 Å². The summed E-state index contributed by atoms with van der Waals surface area (Å²) < 4.78 is 6.43. The zero-order valence-corrected chi connectivity index (χ0v) is 22.4. The lowest BCUT2D eigenvalue weighted by atomic mass is 9.95. The number of nitrogens with one attached hydrogen (secondary N) is 2. The van der Waals surface area contributed by atoms with Crippen LogP contribution in [0, 0.1) is 5.92 Å². The largest absolute Gasteiger partial charge is 0.349 e. The lowest BCUT2D eigenvalue weighted by molar-refractivity contribution is -0.121. The molecule has 2 aliphatic rings. The highest BCUT2D eigenvalue weighted by Crippen LogP contribution is 2.25. The fourth-order valence-corrected chi connectivity index (χ4v) is 5.54. The van der Waals surface area contributed by atoms with Crippen molar-refractivity contribution in [2.45, 2.75) is 57.5 Å². The van der Waals surface area contributed by atoms with Gasteiger partial charge in [0, 0.05) is 22.0 Å². The molecule has 1 saturated carbocycles. The quantitative estimate of drug-likeness (QED) is 0.397. The molecule has 9 heteroatoms. The Balaban J connectivity index is 1.13.